The molecule has 2 aliphatic heterocycles. The number of carbonyl (C=O) groups excluding carboxylic acids is 1. The first-order valence-corrected chi connectivity index (χ1v) is 11.1. The standard InChI is InChI=1S/C20H30N2O3S/c1-15-4-6-19(7-5-15)26(24,25)22-10-8-18(9-11-22)20(23)21-13-16(2)12-17(3)14-21/h4-7,16-18H,8-14H2,1-3H3. The molecular weight excluding hydrogens is 348 g/mol. The molecule has 1 aromatic rings. The number of carbonyl (C=O) groups is 1. The van der Waals surface area contributed by atoms with Crippen molar-refractivity contribution in [2.45, 2.75) is 44.9 Å². The summed E-state index contributed by atoms with van der Waals surface area (Å²) in [6, 6.07) is 6.97. The van der Waals surface area contributed by atoms with E-state index in [2.05, 4.69) is 13.8 Å². The molecule has 0 N–H and O–H groups in total. The molecule has 0 aromatic heterocycles. The molecule has 2 unspecified atom stereocenters. The lowest BCUT2D eigenvalue weighted by Crippen LogP contribution is -2.48. The van der Waals surface area contributed by atoms with Crippen LogP contribution in [0.25, 0.3) is 0 Å². The smallest absolute Gasteiger partial charge is 0.243 e. The summed E-state index contributed by atoms with van der Waals surface area (Å²) in [6.07, 6.45) is 2.41. The number of amides is 1. The van der Waals surface area contributed by atoms with Crippen molar-refractivity contribution in [3.8, 4) is 0 Å². The molecule has 0 radical (unpaired) electrons. The Bertz CT molecular complexity index is 727. The van der Waals surface area contributed by atoms with Gasteiger partial charge in [0.2, 0.25) is 15.9 Å². The summed E-state index contributed by atoms with van der Waals surface area (Å²) in [4.78, 5) is 15.2. The molecule has 2 fully saturated rings. The maximum atomic E-state index is 12.9. The number of nitrogens with zero attached hydrogens (tertiary/aromatic N) is 2. The van der Waals surface area contributed by atoms with Gasteiger partial charge in [0.1, 0.15) is 0 Å². The molecule has 0 bridgehead atoms. The minimum absolute atomic E-state index is 0.0445. The molecule has 2 aliphatic rings. The Morgan fingerprint density at radius 1 is 1.00 bits per heavy atom. The average molecular weight is 379 g/mol. The number of aryl methyl sites for hydroxylation is 1. The fourth-order valence-electron chi connectivity index (χ4n) is 4.30. The van der Waals surface area contributed by atoms with Crippen molar-refractivity contribution in [1.82, 2.24) is 9.21 Å². The van der Waals surface area contributed by atoms with E-state index in [9.17, 15) is 13.2 Å². The summed E-state index contributed by atoms with van der Waals surface area (Å²) < 4.78 is 27.1. The Hall–Kier alpha value is -1.40. The number of likely N-dealkylation sites (tertiary alicyclic amines) is 1. The highest BCUT2D eigenvalue weighted by molar-refractivity contribution is 7.89. The van der Waals surface area contributed by atoms with Gasteiger partial charge in [-0.15, -0.1) is 0 Å². The van der Waals surface area contributed by atoms with E-state index < -0.39 is 10.0 Å². The van der Waals surface area contributed by atoms with Crippen LogP contribution in [0.4, 0.5) is 0 Å². The van der Waals surface area contributed by atoms with Gasteiger partial charge in [0.25, 0.3) is 0 Å². The van der Waals surface area contributed by atoms with Crippen LogP contribution in [-0.4, -0.2) is 49.7 Å². The van der Waals surface area contributed by atoms with E-state index in [1.165, 1.54) is 10.7 Å². The third kappa shape index (κ3) is 4.12. The van der Waals surface area contributed by atoms with Crippen molar-refractivity contribution in [2.75, 3.05) is 26.2 Å². The van der Waals surface area contributed by atoms with Gasteiger partial charge < -0.3 is 4.90 Å². The first-order valence-electron chi connectivity index (χ1n) is 9.63. The molecule has 2 saturated heterocycles. The first-order chi connectivity index (χ1) is 12.3. The van der Waals surface area contributed by atoms with Crippen LogP contribution in [0, 0.1) is 24.7 Å². The van der Waals surface area contributed by atoms with Gasteiger partial charge in [0.05, 0.1) is 4.90 Å². The van der Waals surface area contributed by atoms with Crippen LogP contribution in [0.2, 0.25) is 0 Å². The van der Waals surface area contributed by atoms with E-state index in [-0.39, 0.29) is 11.8 Å². The lowest BCUT2D eigenvalue weighted by Gasteiger charge is -2.39. The zero-order chi connectivity index (χ0) is 18.9. The Balaban J connectivity index is 1.62. The molecule has 5 nitrogen and oxygen atoms in total. The number of sulfonamides is 1. The van der Waals surface area contributed by atoms with Crippen molar-refractivity contribution in [3.63, 3.8) is 0 Å². The van der Waals surface area contributed by atoms with Crippen molar-refractivity contribution >= 4 is 15.9 Å². The summed E-state index contributed by atoms with van der Waals surface area (Å²) in [5.41, 5.74) is 1.04. The number of hydrogen-bond donors (Lipinski definition) is 0. The van der Waals surface area contributed by atoms with Gasteiger partial charge >= 0.3 is 0 Å². The lowest BCUT2D eigenvalue weighted by molar-refractivity contribution is -0.139. The van der Waals surface area contributed by atoms with Gasteiger partial charge in [0, 0.05) is 32.1 Å². The predicted molar refractivity (Wildman–Crippen MR) is 102 cm³/mol. The molecular formula is C20H30N2O3S. The van der Waals surface area contributed by atoms with Gasteiger partial charge in [-0.25, -0.2) is 8.42 Å². The highest BCUT2D eigenvalue weighted by atomic mass is 32.2. The monoisotopic (exact) mass is 378 g/mol. The summed E-state index contributed by atoms with van der Waals surface area (Å²) >= 11 is 0. The summed E-state index contributed by atoms with van der Waals surface area (Å²) in [6.45, 7) is 8.86. The van der Waals surface area contributed by atoms with E-state index in [1.807, 2.05) is 24.0 Å². The minimum Gasteiger partial charge on any atom is -0.342 e. The largest absolute Gasteiger partial charge is 0.342 e. The topological polar surface area (TPSA) is 57.7 Å². The molecule has 144 valence electrons. The number of rotatable bonds is 3. The van der Waals surface area contributed by atoms with E-state index >= 15 is 0 Å². The second kappa shape index (κ2) is 7.69. The average Bonchev–Trinajstić information content (AvgIpc) is 2.61. The van der Waals surface area contributed by atoms with Gasteiger partial charge in [-0.05, 0) is 50.2 Å². The summed E-state index contributed by atoms with van der Waals surface area (Å²) in [5.74, 6) is 1.27. The molecule has 3 rings (SSSR count). The second-order valence-corrected chi connectivity index (χ2v) is 10.1. The molecule has 0 saturated carbocycles. The third-order valence-corrected chi connectivity index (χ3v) is 7.56. The first kappa shape index (κ1) is 19.4. The van der Waals surface area contributed by atoms with Gasteiger partial charge in [-0.2, -0.15) is 4.31 Å². The third-order valence-electron chi connectivity index (χ3n) is 5.64. The Morgan fingerprint density at radius 3 is 2.08 bits per heavy atom. The van der Waals surface area contributed by atoms with E-state index in [1.54, 1.807) is 12.1 Å². The van der Waals surface area contributed by atoms with Crippen LogP contribution >= 0.6 is 0 Å². The molecule has 2 heterocycles. The van der Waals surface area contributed by atoms with Gasteiger partial charge in [-0.3, -0.25) is 4.79 Å². The van der Waals surface area contributed by atoms with E-state index in [0.717, 1.165) is 18.7 Å². The Kier molecular flexibility index (Phi) is 5.72. The molecule has 1 amide bonds. The van der Waals surface area contributed by atoms with Gasteiger partial charge in [-0.1, -0.05) is 31.5 Å². The molecule has 0 spiro atoms. The van der Waals surface area contributed by atoms with Crippen LogP contribution < -0.4 is 0 Å². The number of piperidine rings is 2. The maximum Gasteiger partial charge on any atom is 0.243 e. The summed E-state index contributed by atoms with van der Waals surface area (Å²) in [7, 11) is -3.46. The normalized spacial score (nSPS) is 26.0. The fraction of sp³-hybridized carbons (Fsp3) is 0.650. The highest BCUT2D eigenvalue weighted by Gasteiger charge is 2.35. The van der Waals surface area contributed by atoms with Crippen LogP contribution in [0.5, 0.6) is 0 Å². The SMILES string of the molecule is Cc1ccc(S(=O)(=O)N2CCC(C(=O)N3CC(C)CC(C)C3)CC2)cc1. The van der Waals surface area contributed by atoms with Crippen molar-refractivity contribution in [3.05, 3.63) is 29.8 Å². The zero-order valence-corrected chi connectivity index (χ0v) is 16.8. The Labute approximate surface area is 157 Å². The van der Waals surface area contributed by atoms with E-state index in [4.69, 9.17) is 0 Å². The van der Waals surface area contributed by atoms with Crippen LogP contribution in [0.1, 0.15) is 38.7 Å². The molecule has 1 aromatic carbocycles. The summed E-state index contributed by atoms with van der Waals surface area (Å²) in [5, 5.41) is 0. The van der Waals surface area contributed by atoms with Crippen LogP contribution in [-0.2, 0) is 14.8 Å². The quantitative estimate of drug-likeness (QED) is 0.813. The van der Waals surface area contributed by atoms with Crippen LogP contribution in [0.15, 0.2) is 29.2 Å². The van der Waals surface area contributed by atoms with Crippen molar-refractivity contribution in [1.29, 1.82) is 0 Å². The fourth-order valence-corrected chi connectivity index (χ4v) is 5.77. The zero-order valence-electron chi connectivity index (χ0n) is 16.0. The van der Waals surface area contributed by atoms with Gasteiger partial charge in [0.15, 0.2) is 0 Å². The predicted octanol–water partition coefficient (Wildman–Crippen LogP) is 2.90. The molecule has 2 atom stereocenters. The lowest BCUT2D eigenvalue weighted by atomic mass is 9.89. The van der Waals surface area contributed by atoms with Crippen molar-refractivity contribution in [2.24, 2.45) is 17.8 Å². The second-order valence-electron chi connectivity index (χ2n) is 8.18. The molecule has 6 heteroatoms. The number of benzene rings is 1. The Morgan fingerprint density at radius 2 is 1.54 bits per heavy atom. The van der Waals surface area contributed by atoms with Crippen LogP contribution in [0.3, 0.4) is 0 Å². The molecule has 26 heavy (non-hydrogen) atoms. The van der Waals surface area contributed by atoms with E-state index in [0.29, 0.717) is 42.7 Å². The highest BCUT2D eigenvalue weighted by Crippen LogP contribution is 2.28. The minimum atomic E-state index is -3.46. The van der Waals surface area contributed by atoms with Crippen molar-refractivity contribution < 1.29 is 13.2 Å². The molecule has 0 aliphatic carbocycles. The maximum absolute atomic E-state index is 12.9. The number of hydrogen-bond acceptors (Lipinski definition) is 3.